The van der Waals surface area contributed by atoms with Gasteiger partial charge in [0.2, 0.25) is 11.8 Å². The van der Waals surface area contributed by atoms with Gasteiger partial charge in [-0.15, -0.1) is 0 Å². The van der Waals surface area contributed by atoms with E-state index in [-0.39, 0.29) is 34.4 Å². The summed E-state index contributed by atoms with van der Waals surface area (Å²) in [6.45, 7) is 15.5. The number of urea groups is 1. The molecular formula is C26H55N5O4S2. The molecule has 0 radical (unpaired) electrons. The first-order chi connectivity index (χ1) is 17.2. The Morgan fingerprint density at radius 3 is 2.14 bits per heavy atom. The van der Waals surface area contributed by atoms with Crippen LogP contribution in [0.2, 0.25) is 0 Å². The minimum absolute atomic E-state index is 0.0225. The molecule has 220 valence electrons. The quantitative estimate of drug-likeness (QED) is 0.115. The molecule has 0 aliphatic carbocycles. The first kappa shape index (κ1) is 38.0. The SMILES string of the molecule is CC(C)CCNC(=O)CCCC[C@H]1SC[C@H]2NC(=O)N[C@]21N.CC(C)CCO.CC(S)C(N)=O.CCC. The van der Waals surface area contributed by atoms with E-state index in [2.05, 4.69) is 70.1 Å². The zero-order valence-corrected chi connectivity index (χ0v) is 25.9. The number of amides is 4. The normalized spacial score (nSPS) is 22.2. The third-order valence-electron chi connectivity index (χ3n) is 5.49. The van der Waals surface area contributed by atoms with Gasteiger partial charge in [-0.05, 0) is 44.4 Å². The van der Waals surface area contributed by atoms with Crippen molar-refractivity contribution in [2.75, 3.05) is 18.9 Å². The third kappa shape index (κ3) is 18.7. The minimum Gasteiger partial charge on any atom is -0.396 e. The molecule has 0 spiro atoms. The number of thiol groups is 1. The summed E-state index contributed by atoms with van der Waals surface area (Å²) in [6.07, 6.45) is 6.53. The van der Waals surface area contributed by atoms with E-state index >= 15 is 0 Å². The monoisotopic (exact) mass is 565 g/mol. The molecule has 2 aliphatic heterocycles. The lowest BCUT2D eigenvalue weighted by Gasteiger charge is -2.29. The Kier molecular flexibility index (Phi) is 22.3. The molecule has 9 nitrogen and oxygen atoms in total. The fourth-order valence-corrected chi connectivity index (χ4v) is 4.83. The number of hydrogen-bond donors (Lipinski definition) is 7. The van der Waals surface area contributed by atoms with E-state index in [0.717, 1.165) is 44.4 Å². The van der Waals surface area contributed by atoms with Gasteiger partial charge in [0.1, 0.15) is 5.66 Å². The van der Waals surface area contributed by atoms with E-state index in [4.69, 9.17) is 16.6 Å². The number of thioether (sulfide) groups is 1. The van der Waals surface area contributed by atoms with Crippen molar-refractivity contribution in [3.63, 3.8) is 0 Å². The predicted octanol–water partition coefficient (Wildman–Crippen LogP) is 3.39. The Bertz CT molecular complexity index is 638. The Morgan fingerprint density at radius 1 is 1.16 bits per heavy atom. The van der Waals surface area contributed by atoms with Crippen LogP contribution >= 0.6 is 24.4 Å². The highest BCUT2D eigenvalue weighted by molar-refractivity contribution is 8.00. The molecule has 0 saturated carbocycles. The number of carbonyl (C=O) groups is 3. The molecule has 4 amide bonds. The molecule has 37 heavy (non-hydrogen) atoms. The number of nitrogens with two attached hydrogens (primary N) is 2. The molecule has 0 aromatic heterocycles. The Hall–Kier alpha value is -1.17. The van der Waals surface area contributed by atoms with Crippen molar-refractivity contribution < 1.29 is 19.5 Å². The molecule has 2 aliphatic rings. The van der Waals surface area contributed by atoms with Gasteiger partial charge in [0, 0.05) is 30.6 Å². The zero-order valence-electron chi connectivity index (χ0n) is 24.1. The van der Waals surface area contributed by atoms with Gasteiger partial charge in [-0.1, -0.05) is 54.4 Å². The topological polar surface area (TPSA) is 160 Å². The van der Waals surface area contributed by atoms with Crippen LogP contribution in [-0.4, -0.2) is 64.1 Å². The number of nitrogens with one attached hydrogen (secondary N) is 3. The maximum Gasteiger partial charge on any atom is 0.316 e. The Balaban J connectivity index is 0. The van der Waals surface area contributed by atoms with E-state index in [1.807, 2.05) is 11.8 Å². The first-order valence-electron chi connectivity index (χ1n) is 13.6. The van der Waals surface area contributed by atoms with Crippen molar-refractivity contribution >= 4 is 42.2 Å². The van der Waals surface area contributed by atoms with Crippen molar-refractivity contribution in [1.82, 2.24) is 16.0 Å². The summed E-state index contributed by atoms with van der Waals surface area (Å²) < 4.78 is 0. The second kappa shape index (κ2) is 21.7. The first-order valence-corrected chi connectivity index (χ1v) is 15.1. The van der Waals surface area contributed by atoms with E-state index in [1.54, 1.807) is 6.92 Å². The van der Waals surface area contributed by atoms with Crippen molar-refractivity contribution in [1.29, 1.82) is 0 Å². The average molecular weight is 566 g/mol. The van der Waals surface area contributed by atoms with Crippen molar-refractivity contribution in [2.45, 2.75) is 116 Å². The second-order valence-electron chi connectivity index (χ2n) is 10.4. The van der Waals surface area contributed by atoms with Gasteiger partial charge >= 0.3 is 6.03 Å². The molecule has 8 N–H and O–H groups in total. The molecule has 2 rings (SSSR count). The van der Waals surface area contributed by atoms with Crippen LogP contribution in [0, 0.1) is 11.8 Å². The van der Waals surface area contributed by atoms with Gasteiger partial charge in [0.05, 0.1) is 11.3 Å². The number of rotatable bonds is 11. The number of aliphatic hydroxyl groups excluding tert-OH is 1. The maximum atomic E-state index is 11.7. The fourth-order valence-electron chi connectivity index (χ4n) is 3.22. The average Bonchev–Trinajstić information content (AvgIpc) is 3.23. The van der Waals surface area contributed by atoms with E-state index in [9.17, 15) is 14.4 Å². The third-order valence-corrected chi connectivity index (χ3v) is 7.30. The van der Waals surface area contributed by atoms with Crippen LogP contribution in [0.1, 0.15) is 93.4 Å². The number of fused-ring (bicyclic) bond motifs is 1. The van der Waals surface area contributed by atoms with Crippen LogP contribution in [0.3, 0.4) is 0 Å². The van der Waals surface area contributed by atoms with Crippen LogP contribution in [0.5, 0.6) is 0 Å². The van der Waals surface area contributed by atoms with E-state index in [0.29, 0.717) is 24.9 Å². The summed E-state index contributed by atoms with van der Waals surface area (Å²) in [5, 5.41) is 16.8. The van der Waals surface area contributed by atoms with Gasteiger partial charge in [0.25, 0.3) is 0 Å². The number of carbonyl (C=O) groups excluding carboxylic acids is 3. The molecular weight excluding hydrogens is 510 g/mol. The lowest BCUT2D eigenvalue weighted by Crippen LogP contribution is -2.61. The highest BCUT2D eigenvalue weighted by atomic mass is 32.2. The van der Waals surface area contributed by atoms with Crippen LogP contribution in [0.15, 0.2) is 0 Å². The van der Waals surface area contributed by atoms with Gasteiger partial charge in [0.15, 0.2) is 0 Å². The Labute approximate surface area is 235 Å². The smallest absolute Gasteiger partial charge is 0.316 e. The van der Waals surface area contributed by atoms with Gasteiger partial charge in [-0.25, -0.2) is 4.79 Å². The van der Waals surface area contributed by atoms with Crippen LogP contribution in [-0.2, 0) is 9.59 Å². The van der Waals surface area contributed by atoms with Crippen LogP contribution in [0.4, 0.5) is 4.79 Å². The Morgan fingerprint density at radius 2 is 1.70 bits per heavy atom. The number of hydrogen-bond acceptors (Lipinski definition) is 7. The lowest BCUT2D eigenvalue weighted by molar-refractivity contribution is -0.121. The number of aliphatic hydroxyl groups is 1. The molecule has 0 aromatic rings. The molecule has 2 saturated heterocycles. The molecule has 11 heteroatoms. The summed E-state index contributed by atoms with van der Waals surface area (Å²) in [4.78, 5) is 33.0. The molecule has 2 fully saturated rings. The van der Waals surface area contributed by atoms with Gasteiger partial charge < -0.3 is 32.5 Å². The molecule has 0 bridgehead atoms. The summed E-state index contributed by atoms with van der Waals surface area (Å²) in [5.41, 5.74) is 10.4. The minimum atomic E-state index is -0.624. The largest absolute Gasteiger partial charge is 0.396 e. The molecule has 1 unspecified atom stereocenters. The summed E-state index contributed by atoms with van der Waals surface area (Å²) in [7, 11) is 0. The summed E-state index contributed by atoms with van der Waals surface area (Å²) >= 11 is 5.53. The standard InChI is InChI=1S/C15H28N4O2S.C5H12O.C3H7NOS.C3H8/c1-10(2)7-8-17-13(20)6-4-3-5-12-15(16)11(9-22-12)18-14(21)19-15;1-5(2)3-4-6;1-2(6)3(4)5;1-3-2/h10-12H,3-9,16H2,1-2H3,(H,17,20)(H2,18,19,21);5-6H,3-4H2,1-2H3;2,6H,1H3,(H2,4,5);3H2,1-2H3/t11-,12-,15-;;;/m1.../s1. The van der Waals surface area contributed by atoms with Gasteiger partial charge in [-0.2, -0.15) is 24.4 Å². The highest BCUT2D eigenvalue weighted by Crippen LogP contribution is 2.38. The predicted molar refractivity (Wildman–Crippen MR) is 160 cm³/mol. The summed E-state index contributed by atoms with van der Waals surface area (Å²) in [6, 6.07) is -0.142. The lowest BCUT2D eigenvalue weighted by atomic mass is 9.96. The van der Waals surface area contributed by atoms with E-state index < -0.39 is 5.66 Å². The van der Waals surface area contributed by atoms with Crippen molar-refractivity contribution in [2.24, 2.45) is 23.3 Å². The number of unbranched alkanes of at least 4 members (excludes halogenated alkanes) is 1. The highest BCUT2D eigenvalue weighted by Gasteiger charge is 2.53. The molecule has 4 atom stereocenters. The van der Waals surface area contributed by atoms with Crippen molar-refractivity contribution in [3.05, 3.63) is 0 Å². The zero-order chi connectivity index (χ0) is 29.0. The number of primary amides is 1. The maximum absolute atomic E-state index is 11.7. The second-order valence-corrected chi connectivity index (χ2v) is 12.4. The molecule has 0 aromatic carbocycles. The van der Waals surface area contributed by atoms with E-state index in [1.165, 1.54) is 6.42 Å². The molecule has 2 heterocycles. The van der Waals surface area contributed by atoms with Crippen LogP contribution in [0.25, 0.3) is 0 Å². The fraction of sp³-hybridized carbons (Fsp3) is 0.885. The summed E-state index contributed by atoms with van der Waals surface area (Å²) in [5.74, 6) is 1.88. The van der Waals surface area contributed by atoms with Gasteiger partial charge in [-0.3, -0.25) is 9.59 Å². The van der Waals surface area contributed by atoms with Crippen LogP contribution < -0.4 is 27.4 Å². The van der Waals surface area contributed by atoms with Crippen molar-refractivity contribution in [3.8, 4) is 0 Å².